The topological polar surface area (TPSA) is 30.7 Å². The van der Waals surface area contributed by atoms with Gasteiger partial charge in [0.2, 0.25) is 0 Å². The van der Waals surface area contributed by atoms with Crippen LogP contribution in [0.2, 0.25) is 0 Å². The molecular formula is C9H12BN3. The molecule has 0 aliphatic carbocycles. The van der Waals surface area contributed by atoms with Crippen LogP contribution in [-0.2, 0) is 0 Å². The van der Waals surface area contributed by atoms with Crippen molar-refractivity contribution in [2.75, 3.05) is 0 Å². The van der Waals surface area contributed by atoms with Gasteiger partial charge in [-0.05, 0) is 25.5 Å². The summed E-state index contributed by atoms with van der Waals surface area (Å²) < 4.78 is 1.96. The van der Waals surface area contributed by atoms with Gasteiger partial charge in [-0.2, -0.15) is 5.10 Å². The van der Waals surface area contributed by atoms with Crippen LogP contribution in [0.5, 0.6) is 0 Å². The molecule has 0 bridgehead atoms. The highest BCUT2D eigenvalue weighted by atomic mass is 15.3. The lowest BCUT2D eigenvalue weighted by Crippen LogP contribution is -2.05. The largest absolute Gasteiger partial charge is 0.270 e. The SMILES string of the molecule is Bc1cc2cn(C(C)C)nc2cn1. The highest BCUT2D eigenvalue weighted by molar-refractivity contribution is 6.31. The third kappa shape index (κ3) is 1.44. The summed E-state index contributed by atoms with van der Waals surface area (Å²) in [7, 11) is 1.99. The Hall–Kier alpha value is -1.32. The smallest absolute Gasteiger partial charge is 0.163 e. The van der Waals surface area contributed by atoms with Gasteiger partial charge < -0.3 is 0 Å². The predicted octanol–water partition coefficient (Wildman–Crippen LogP) is 0.271. The first-order valence-electron chi connectivity index (χ1n) is 4.48. The van der Waals surface area contributed by atoms with Crippen LogP contribution in [0.1, 0.15) is 19.9 Å². The molecule has 13 heavy (non-hydrogen) atoms. The van der Waals surface area contributed by atoms with Crippen molar-refractivity contribution >= 4 is 24.3 Å². The van der Waals surface area contributed by atoms with E-state index in [1.165, 1.54) is 5.39 Å². The lowest BCUT2D eigenvalue weighted by molar-refractivity contribution is 0.537. The van der Waals surface area contributed by atoms with Gasteiger partial charge in [-0.3, -0.25) is 9.67 Å². The van der Waals surface area contributed by atoms with Crippen LogP contribution in [-0.4, -0.2) is 22.6 Å². The van der Waals surface area contributed by atoms with Crippen LogP contribution in [0.25, 0.3) is 10.9 Å². The molecule has 3 nitrogen and oxygen atoms in total. The minimum atomic E-state index is 0.410. The number of hydrogen-bond donors (Lipinski definition) is 0. The van der Waals surface area contributed by atoms with Crippen LogP contribution >= 0.6 is 0 Å². The van der Waals surface area contributed by atoms with E-state index in [9.17, 15) is 0 Å². The van der Waals surface area contributed by atoms with Crippen molar-refractivity contribution < 1.29 is 0 Å². The quantitative estimate of drug-likeness (QED) is 0.579. The van der Waals surface area contributed by atoms with Gasteiger partial charge in [-0.15, -0.1) is 0 Å². The van der Waals surface area contributed by atoms with Gasteiger partial charge in [0.25, 0.3) is 0 Å². The second kappa shape index (κ2) is 2.87. The lowest BCUT2D eigenvalue weighted by Gasteiger charge is -2.02. The maximum Gasteiger partial charge on any atom is 0.163 e. The molecule has 2 rings (SSSR count). The number of rotatable bonds is 1. The summed E-state index contributed by atoms with van der Waals surface area (Å²) in [6.45, 7) is 4.23. The third-order valence-corrected chi connectivity index (χ3v) is 2.07. The van der Waals surface area contributed by atoms with E-state index in [0.29, 0.717) is 6.04 Å². The number of nitrogens with zero attached hydrogens (tertiary/aromatic N) is 3. The van der Waals surface area contributed by atoms with Crippen LogP contribution in [0.3, 0.4) is 0 Å². The molecule has 0 aliphatic rings. The molecule has 0 atom stereocenters. The molecule has 0 aromatic carbocycles. The van der Waals surface area contributed by atoms with Gasteiger partial charge in [-0.25, -0.2) is 0 Å². The molecule has 2 heterocycles. The molecule has 0 saturated carbocycles. The second-order valence-corrected chi connectivity index (χ2v) is 3.59. The van der Waals surface area contributed by atoms with E-state index < -0.39 is 0 Å². The zero-order valence-corrected chi connectivity index (χ0v) is 8.15. The number of hydrogen-bond acceptors (Lipinski definition) is 2. The Morgan fingerprint density at radius 2 is 2.23 bits per heavy atom. The molecule has 4 heteroatoms. The van der Waals surface area contributed by atoms with Gasteiger partial charge in [0, 0.05) is 17.6 Å². The number of pyridine rings is 1. The Morgan fingerprint density at radius 3 is 2.92 bits per heavy atom. The maximum absolute atomic E-state index is 4.41. The highest BCUT2D eigenvalue weighted by Crippen LogP contribution is 2.11. The summed E-state index contributed by atoms with van der Waals surface area (Å²) in [5.41, 5.74) is 2.01. The molecule has 0 radical (unpaired) electrons. The summed E-state index contributed by atoms with van der Waals surface area (Å²) in [5, 5.41) is 5.58. The van der Waals surface area contributed by atoms with Crippen molar-refractivity contribution in [3.63, 3.8) is 0 Å². The first-order chi connectivity index (χ1) is 6.16. The molecule has 0 fully saturated rings. The number of fused-ring (bicyclic) bond motifs is 1. The summed E-state index contributed by atoms with van der Waals surface area (Å²) in [6, 6.07) is 2.47. The minimum absolute atomic E-state index is 0.410. The first kappa shape index (κ1) is 8.29. The van der Waals surface area contributed by atoms with Gasteiger partial charge in [0.05, 0.1) is 6.20 Å². The van der Waals surface area contributed by atoms with E-state index in [2.05, 4.69) is 36.2 Å². The van der Waals surface area contributed by atoms with Crippen LogP contribution < -0.4 is 5.59 Å². The first-order valence-corrected chi connectivity index (χ1v) is 4.48. The predicted molar refractivity (Wildman–Crippen MR) is 56.1 cm³/mol. The molecule has 0 N–H and O–H groups in total. The van der Waals surface area contributed by atoms with Gasteiger partial charge >= 0.3 is 0 Å². The zero-order chi connectivity index (χ0) is 9.42. The van der Waals surface area contributed by atoms with Crippen molar-refractivity contribution in [2.24, 2.45) is 0 Å². The Labute approximate surface area is 78.2 Å². The monoisotopic (exact) mass is 173 g/mol. The molecule has 66 valence electrons. The minimum Gasteiger partial charge on any atom is -0.270 e. The molecule has 0 aliphatic heterocycles. The fraction of sp³-hybridized carbons (Fsp3) is 0.333. The molecule has 0 spiro atoms. The van der Waals surface area contributed by atoms with Crippen LogP contribution in [0.4, 0.5) is 0 Å². The van der Waals surface area contributed by atoms with Crippen molar-refractivity contribution in [3.8, 4) is 0 Å². The van der Waals surface area contributed by atoms with Crippen molar-refractivity contribution in [1.29, 1.82) is 0 Å². The average molecular weight is 173 g/mol. The fourth-order valence-electron chi connectivity index (χ4n) is 1.32. The molecule has 0 saturated heterocycles. The van der Waals surface area contributed by atoms with Gasteiger partial charge in [-0.1, -0.05) is 0 Å². The summed E-state index contributed by atoms with van der Waals surface area (Å²) >= 11 is 0. The highest BCUT2D eigenvalue weighted by Gasteiger charge is 2.03. The Bertz CT molecular complexity index is 433. The van der Waals surface area contributed by atoms with Gasteiger partial charge in [0.15, 0.2) is 7.85 Å². The average Bonchev–Trinajstić information content (AvgIpc) is 2.46. The van der Waals surface area contributed by atoms with Crippen molar-refractivity contribution in [3.05, 3.63) is 18.5 Å². The molecule has 0 unspecified atom stereocenters. The third-order valence-electron chi connectivity index (χ3n) is 2.07. The maximum atomic E-state index is 4.41. The molecule has 2 aromatic rings. The normalized spacial score (nSPS) is 11.3. The van der Waals surface area contributed by atoms with E-state index in [1.54, 1.807) is 0 Å². The molecular weight excluding hydrogens is 161 g/mol. The van der Waals surface area contributed by atoms with E-state index in [-0.39, 0.29) is 0 Å². The summed E-state index contributed by atoms with van der Waals surface area (Å²) in [5.74, 6) is 0. The number of aromatic nitrogens is 3. The van der Waals surface area contributed by atoms with Crippen molar-refractivity contribution in [2.45, 2.75) is 19.9 Å². The van der Waals surface area contributed by atoms with E-state index >= 15 is 0 Å². The Kier molecular flexibility index (Phi) is 1.83. The van der Waals surface area contributed by atoms with Crippen LogP contribution in [0.15, 0.2) is 18.5 Å². The summed E-state index contributed by atoms with van der Waals surface area (Å²) in [4.78, 5) is 4.20. The second-order valence-electron chi connectivity index (χ2n) is 3.59. The fourth-order valence-corrected chi connectivity index (χ4v) is 1.32. The standard InChI is InChI=1S/C9H12BN3/c1-6(2)13-5-7-3-9(10)11-4-8(7)12-13/h3-6H,10H2,1-2H3. The molecule has 0 amide bonds. The van der Waals surface area contributed by atoms with Crippen molar-refractivity contribution in [1.82, 2.24) is 14.8 Å². The zero-order valence-electron chi connectivity index (χ0n) is 8.15. The van der Waals surface area contributed by atoms with Crippen LogP contribution in [0, 0.1) is 0 Å². The summed E-state index contributed by atoms with van der Waals surface area (Å²) in [6.07, 6.45) is 3.89. The molecule has 2 aromatic heterocycles. The van der Waals surface area contributed by atoms with Gasteiger partial charge in [0.1, 0.15) is 5.52 Å². The van der Waals surface area contributed by atoms with E-state index in [1.807, 2.05) is 18.7 Å². The van der Waals surface area contributed by atoms with E-state index in [0.717, 1.165) is 11.1 Å². The van der Waals surface area contributed by atoms with E-state index in [4.69, 9.17) is 0 Å². The Balaban J connectivity index is 2.62. The lowest BCUT2D eigenvalue weighted by atomic mass is 10.0. The Morgan fingerprint density at radius 1 is 1.46 bits per heavy atom.